The van der Waals surface area contributed by atoms with Gasteiger partial charge in [0.05, 0.1) is 6.07 Å². The smallest absolute Gasteiger partial charge is 0.405 e. The molecule has 1 aliphatic rings. The maximum absolute atomic E-state index is 13.5. The summed E-state index contributed by atoms with van der Waals surface area (Å²) in [6.45, 7) is 2.52. The minimum atomic E-state index is -1.69. The molecule has 0 bridgehead atoms. The SMILES string of the molecule is CC(C)(F)C[C@H](OC(N)=O)C(=O)NC1(C#N)CC1. The van der Waals surface area contributed by atoms with Crippen molar-refractivity contribution in [1.29, 1.82) is 5.26 Å². The first-order valence-corrected chi connectivity index (χ1v) is 5.56. The predicted octanol–water partition coefficient (Wildman–Crippen LogP) is 0.761. The largest absolute Gasteiger partial charge is 0.436 e. The number of halogens is 1. The minimum Gasteiger partial charge on any atom is -0.436 e. The number of amides is 2. The predicted molar refractivity (Wildman–Crippen MR) is 60.0 cm³/mol. The lowest BCUT2D eigenvalue weighted by Crippen LogP contribution is -2.46. The van der Waals surface area contributed by atoms with Gasteiger partial charge in [0.25, 0.3) is 5.91 Å². The lowest BCUT2D eigenvalue weighted by atomic mass is 10.0. The Morgan fingerprint density at radius 3 is 2.50 bits per heavy atom. The van der Waals surface area contributed by atoms with Crippen LogP contribution in [0, 0.1) is 11.3 Å². The minimum absolute atomic E-state index is 0.316. The van der Waals surface area contributed by atoms with Gasteiger partial charge in [-0.05, 0) is 26.7 Å². The number of ether oxygens (including phenoxy) is 1. The Kier molecular flexibility index (Phi) is 3.79. The number of nitriles is 1. The number of nitrogens with one attached hydrogen (secondary N) is 1. The van der Waals surface area contributed by atoms with Gasteiger partial charge in [0.1, 0.15) is 11.2 Å². The maximum atomic E-state index is 13.5. The molecule has 6 nitrogen and oxygen atoms in total. The second-order valence-electron chi connectivity index (χ2n) is 5.03. The van der Waals surface area contributed by atoms with Crippen LogP contribution >= 0.6 is 0 Å². The van der Waals surface area contributed by atoms with E-state index in [-0.39, 0.29) is 6.42 Å². The standard InChI is InChI=1S/C11H16FN3O3/c1-10(2,12)5-7(18-9(14)17)8(16)15-11(6-13)3-4-11/h7H,3-5H2,1-2H3,(H2,14,17)(H,15,16)/t7-/m0/s1. The quantitative estimate of drug-likeness (QED) is 0.758. The van der Waals surface area contributed by atoms with Crippen molar-refractivity contribution in [3.8, 4) is 6.07 Å². The van der Waals surface area contributed by atoms with Crippen LogP contribution in [0.15, 0.2) is 0 Å². The molecule has 1 aliphatic carbocycles. The van der Waals surface area contributed by atoms with E-state index >= 15 is 0 Å². The molecule has 18 heavy (non-hydrogen) atoms. The van der Waals surface area contributed by atoms with E-state index < -0.39 is 29.3 Å². The molecule has 0 spiro atoms. The Labute approximate surface area is 104 Å². The molecule has 0 saturated heterocycles. The van der Waals surface area contributed by atoms with Crippen LogP contribution in [0.3, 0.4) is 0 Å². The first-order valence-electron chi connectivity index (χ1n) is 5.56. The van der Waals surface area contributed by atoms with E-state index in [9.17, 15) is 14.0 Å². The number of carbonyl (C=O) groups is 2. The summed E-state index contributed by atoms with van der Waals surface area (Å²) in [5.41, 5.74) is 2.25. The third-order valence-corrected chi connectivity index (χ3v) is 2.55. The fourth-order valence-corrected chi connectivity index (χ4v) is 1.48. The van der Waals surface area contributed by atoms with Crippen molar-refractivity contribution in [1.82, 2.24) is 5.32 Å². The molecule has 100 valence electrons. The third kappa shape index (κ3) is 4.20. The average molecular weight is 257 g/mol. The number of nitrogens with zero attached hydrogens (tertiary/aromatic N) is 1. The molecule has 1 fully saturated rings. The summed E-state index contributed by atoms with van der Waals surface area (Å²) in [6.07, 6.45) is -1.72. The van der Waals surface area contributed by atoms with Crippen molar-refractivity contribution in [2.24, 2.45) is 5.73 Å². The Morgan fingerprint density at radius 2 is 2.17 bits per heavy atom. The van der Waals surface area contributed by atoms with Gasteiger partial charge >= 0.3 is 6.09 Å². The van der Waals surface area contributed by atoms with Gasteiger partial charge in [-0.25, -0.2) is 9.18 Å². The lowest BCUT2D eigenvalue weighted by molar-refractivity contribution is -0.131. The van der Waals surface area contributed by atoms with Crippen LogP contribution in [0.2, 0.25) is 0 Å². The number of primary amides is 1. The Bertz CT molecular complexity index is 393. The van der Waals surface area contributed by atoms with E-state index in [1.54, 1.807) is 0 Å². The number of rotatable bonds is 5. The molecule has 1 rings (SSSR count). The summed E-state index contributed by atoms with van der Waals surface area (Å²) in [6, 6.07) is 1.96. The third-order valence-electron chi connectivity index (χ3n) is 2.55. The highest BCUT2D eigenvalue weighted by molar-refractivity contribution is 5.84. The van der Waals surface area contributed by atoms with Gasteiger partial charge in [-0.2, -0.15) is 5.26 Å². The number of hydrogen-bond donors (Lipinski definition) is 2. The highest BCUT2D eigenvalue weighted by atomic mass is 19.1. The number of carbonyl (C=O) groups excluding carboxylic acids is 2. The van der Waals surface area contributed by atoms with Gasteiger partial charge in [-0.3, -0.25) is 4.79 Å². The summed E-state index contributed by atoms with van der Waals surface area (Å²) in [5, 5.41) is 11.3. The molecule has 3 N–H and O–H groups in total. The molecule has 0 aromatic heterocycles. The van der Waals surface area contributed by atoms with E-state index in [2.05, 4.69) is 10.1 Å². The molecule has 2 amide bonds. The molecule has 0 aromatic rings. The second-order valence-corrected chi connectivity index (χ2v) is 5.03. The fourth-order valence-electron chi connectivity index (χ4n) is 1.48. The normalized spacial score (nSPS) is 18.3. The molecular weight excluding hydrogens is 241 g/mol. The van der Waals surface area contributed by atoms with Crippen LogP contribution in [-0.4, -0.2) is 29.3 Å². The summed E-state index contributed by atoms with van der Waals surface area (Å²) in [4.78, 5) is 22.5. The van der Waals surface area contributed by atoms with Gasteiger partial charge < -0.3 is 15.8 Å². The number of alkyl halides is 1. The van der Waals surface area contributed by atoms with Crippen LogP contribution in [-0.2, 0) is 9.53 Å². The van der Waals surface area contributed by atoms with Crippen LogP contribution in [0.1, 0.15) is 33.1 Å². The molecule has 0 aromatic carbocycles. The molecular formula is C11H16FN3O3. The number of nitrogens with two attached hydrogens (primary N) is 1. The van der Waals surface area contributed by atoms with Gasteiger partial charge in [0.2, 0.25) is 0 Å². The van der Waals surface area contributed by atoms with E-state index in [4.69, 9.17) is 11.0 Å². The second kappa shape index (κ2) is 4.80. The molecule has 7 heteroatoms. The van der Waals surface area contributed by atoms with E-state index in [0.29, 0.717) is 12.8 Å². The van der Waals surface area contributed by atoms with Crippen molar-refractivity contribution in [2.75, 3.05) is 0 Å². The highest BCUT2D eigenvalue weighted by Crippen LogP contribution is 2.34. The monoisotopic (exact) mass is 257 g/mol. The van der Waals surface area contributed by atoms with Crippen molar-refractivity contribution in [2.45, 2.75) is 50.4 Å². The Balaban J connectivity index is 2.67. The van der Waals surface area contributed by atoms with Crippen molar-refractivity contribution in [3.63, 3.8) is 0 Å². The summed E-state index contributed by atoms with van der Waals surface area (Å²) in [7, 11) is 0. The number of hydrogen-bond acceptors (Lipinski definition) is 4. The van der Waals surface area contributed by atoms with Crippen molar-refractivity contribution < 1.29 is 18.7 Å². The van der Waals surface area contributed by atoms with Crippen LogP contribution in [0.4, 0.5) is 9.18 Å². The Morgan fingerprint density at radius 1 is 1.61 bits per heavy atom. The van der Waals surface area contributed by atoms with E-state index in [1.165, 1.54) is 13.8 Å². The summed E-state index contributed by atoms with van der Waals surface area (Å²) >= 11 is 0. The topological polar surface area (TPSA) is 105 Å². The van der Waals surface area contributed by atoms with Gasteiger partial charge in [0, 0.05) is 6.42 Å². The van der Waals surface area contributed by atoms with Gasteiger partial charge in [0.15, 0.2) is 6.10 Å². The lowest BCUT2D eigenvalue weighted by Gasteiger charge is -2.22. The van der Waals surface area contributed by atoms with Crippen molar-refractivity contribution >= 4 is 12.0 Å². The highest BCUT2D eigenvalue weighted by Gasteiger charge is 2.46. The van der Waals surface area contributed by atoms with Gasteiger partial charge in [-0.15, -0.1) is 0 Å². The van der Waals surface area contributed by atoms with E-state index in [1.807, 2.05) is 6.07 Å². The molecule has 1 atom stereocenters. The zero-order valence-electron chi connectivity index (χ0n) is 10.3. The first kappa shape index (κ1) is 14.2. The summed E-state index contributed by atoms with van der Waals surface area (Å²) in [5.74, 6) is -0.696. The van der Waals surface area contributed by atoms with E-state index in [0.717, 1.165) is 0 Å². The molecule has 0 unspecified atom stereocenters. The zero-order chi connectivity index (χ0) is 14.0. The van der Waals surface area contributed by atoms with Crippen LogP contribution in [0.5, 0.6) is 0 Å². The average Bonchev–Trinajstić information content (AvgIpc) is 2.94. The fraction of sp³-hybridized carbons (Fsp3) is 0.727. The van der Waals surface area contributed by atoms with Crippen LogP contribution in [0.25, 0.3) is 0 Å². The van der Waals surface area contributed by atoms with Gasteiger partial charge in [-0.1, -0.05) is 0 Å². The first-order chi connectivity index (χ1) is 8.17. The Hall–Kier alpha value is -1.84. The van der Waals surface area contributed by atoms with Crippen molar-refractivity contribution in [3.05, 3.63) is 0 Å². The summed E-state index contributed by atoms with van der Waals surface area (Å²) < 4.78 is 18.1. The zero-order valence-corrected chi connectivity index (χ0v) is 10.3. The van der Waals surface area contributed by atoms with Crippen LogP contribution < -0.4 is 11.1 Å². The maximum Gasteiger partial charge on any atom is 0.405 e. The molecule has 0 heterocycles. The molecule has 0 aliphatic heterocycles. The molecule has 1 saturated carbocycles. The molecule has 0 radical (unpaired) electrons.